The lowest BCUT2D eigenvalue weighted by Crippen LogP contribution is -1.96. The van der Waals surface area contributed by atoms with Gasteiger partial charge >= 0.3 is 0 Å². The molecule has 0 amide bonds. The highest BCUT2D eigenvalue weighted by molar-refractivity contribution is 5.47. The molecular formula is C10H14N4O2. The highest BCUT2D eigenvalue weighted by Gasteiger charge is 2.16. The monoisotopic (exact) mass is 222 g/mol. The molecule has 86 valence electrons. The minimum atomic E-state index is -0.726. The van der Waals surface area contributed by atoms with E-state index in [0.717, 1.165) is 17.8 Å². The van der Waals surface area contributed by atoms with E-state index in [0.29, 0.717) is 5.89 Å². The lowest BCUT2D eigenvalue weighted by Gasteiger charge is -1.93. The second kappa shape index (κ2) is 4.05. The Morgan fingerprint density at radius 2 is 2.31 bits per heavy atom. The molecule has 2 rings (SSSR count). The molecule has 1 unspecified atom stereocenters. The molecule has 0 fully saturated rings. The van der Waals surface area contributed by atoms with Crippen LogP contribution in [0, 0.1) is 0 Å². The average Bonchev–Trinajstić information content (AvgIpc) is 2.83. The quantitative estimate of drug-likeness (QED) is 0.841. The van der Waals surface area contributed by atoms with Gasteiger partial charge in [0.1, 0.15) is 11.8 Å². The predicted octanol–water partition coefficient (Wildman–Crippen LogP) is 1.09. The van der Waals surface area contributed by atoms with Crippen molar-refractivity contribution >= 4 is 0 Å². The molecule has 6 heteroatoms. The van der Waals surface area contributed by atoms with Gasteiger partial charge in [-0.15, -0.1) is 0 Å². The first-order chi connectivity index (χ1) is 7.61. The van der Waals surface area contributed by atoms with E-state index in [9.17, 15) is 5.11 Å². The van der Waals surface area contributed by atoms with Crippen LogP contribution in [0.4, 0.5) is 0 Å². The normalized spacial score (nSPS) is 13.0. The molecule has 2 heterocycles. The van der Waals surface area contributed by atoms with Crippen molar-refractivity contribution in [3.8, 4) is 11.6 Å². The largest absolute Gasteiger partial charge is 0.385 e. The van der Waals surface area contributed by atoms with Gasteiger partial charge < -0.3 is 9.63 Å². The first-order valence-corrected chi connectivity index (χ1v) is 5.16. The van der Waals surface area contributed by atoms with Crippen LogP contribution >= 0.6 is 0 Å². The lowest BCUT2D eigenvalue weighted by atomic mass is 10.3. The Balaban J connectivity index is 2.38. The maximum absolute atomic E-state index is 9.30. The highest BCUT2D eigenvalue weighted by Crippen LogP contribution is 2.19. The molecule has 0 aliphatic carbocycles. The molecule has 0 saturated heterocycles. The van der Waals surface area contributed by atoms with Crippen LogP contribution < -0.4 is 0 Å². The van der Waals surface area contributed by atoms with Crippen LogP contribution in [0.2, 0.25) is 0 Å². The fourth-order valence-corrected chi connectivity index (χ4v) is 1.41. The summed E-state index contributed by atoms with van der Waals surface area (Å²) in [7, 11) is 1.82. The number of aryl methyl sites for hydroxylation is 2. The van der Waals surface area contributed by atoms with E-state index in [1.54, 1.807) is 11.6 Å². The molecule has 0 saturated carbocycles. The summed E-state index contributed by atoms with van der Waals surface area (Å²) >= 11 is 0. The van der Waals surface area contributed by atoms with Crippen molar-refractivity contribution < 1.29 is 9.63 Å². The van der Waals surface area contributed by atoms with E-state index in [2.05, 4.69) is 15.2 Å². The zero-order chi connectivity index (χ0) is 11.7. The minimum absolute atomic E-state index is 0.286. The van der Waals surface area contributed by atoms with E-state index in [4.69, 9.17) is 4.52 Å². The Hall–Kier alpha value is -1.69. The van der Waals surface area contributed by atoms with Crippen LogP contribution in [0.1, 0.15) is 31.5 Å². The second-order valence-corrected chi connectivity index (χ2v) is 3.63. The van der Waals surface area contributed by atoms with Crippen molar-refractivity contribution in [3.05, 3.63) is 17.6 Å². The summed E-state index contributed by atoms with van der Waals surface area (Å²) in [5.41, 5.74) is 1.73. The summed E-state index contributed by atoms with van der Waals surface area (Å²) in [4.78, 5) is 4.10. The maximum Gasteiger partial charge on any atom is 0.276 e. The standard InChI is InChI=1S/C10H14N4O2/c1-4-7-5-8(14(3)12-7)10-11-9(6(2)15)13-16-10/h5-6,15H,4H2,1-3H3. The van der Waals surface area contributed by atoms with Crippen molar-refractivity contribution in [1.29, 1.82) is 0 Å². The highest BCUT2D eigenvalue weighted by atomic mass is 16.5. The van der Waals surface area contributed by atoms with Crippen LogP contribution in [0.25, 0.3) is 11.6 Å². The van der Waals surface area contributed by atoms with E-state index >= 15 is 0 Å². The van der Waals surface area contributed by atoms with Crippen LogP contribution in [0.15, 0.2) is 10.6 Å². The van der Waals surface area contributed by atoms with Gasteiger partial charge in [-0.1, -0.05) is 12.1 Å². The first-order valence-electron chi connectivity index (χ1n) is 5.16. The smallest absolute Gasteiger partial charge is 0.276 e. The fraction of sp³-hybridized carbons (Fsp3) is 0.500. The van der Waals surface area contributed by atoms with Gasteiger partial charge in [-0.05, 0) is 19.4 Å². The van der Waals surface area contributed by atoms with Gasteiger partial charge in [0, 0.05) is 7.05 Å². The van der Waals surface area contributed by atoms with Gasteiger partial charge in [-0.2, -0.15) is 10.1 Å². The molecule has 0 radical (unpaired) electrons. The number of nitrogens with zero attached hydrogens (tertiary/aromatic N) is 4. The third kappa shape index (κ3) is 1.83. The zero-order valence-electron chi connectivity index (χ0n) is 9.51. The number of hydrogen-bond donors (Lipinski definition) is 1. The van der Waals surface area contributed by atoms with Crippen molar-refractivity contribution in [3.63, 3.8) is 0 Å². The fourth-order valence-electron chi connectivity index (χ4n) is 1.41. The molecule has 2 aromatic heterocycles. The summed E-state index contributed by atoms with van der Waals surface area (Å²) < 4.78 is 6.76. The SMILES string of the molecule is CCc1cc(-c2nc(C(C)O)no2)n(C)n1. The van der Waals surface area contributed by atoms with Crippen molar-refractivity contribution in [1.82, 2.24) is 19.9 Å². The molecule has 0 spiro atoms. The van der Waals surface area contributed by atoms with Crippen molar-refractivity contribution in [2.24, 2.45) is 7.05 Å². The van der Waals surface area contributed by atoms with Gasteiger partial charge in [-0.3, -0.25) is 4.68 Å². The Kier molecular flexibility index (Phi) is 2.74. The number of aromatic nitrogens is 4. The number of hydrogen-bond acceptors (Lipinski definition) is 5. The van der Waals surface area contributed by atoms with Crippen molar-refractivity contribution in [2.45, 2.75) is 26.4 Å². The predicted molar refractivity (Wildman–Crippen MR) is 56.5 cm³/mol. The molecule has 1 N–H and O–H groups in total. The van der Waals surface area contributed by atoms with Crippen LogP contribution in [-0.2, 0) is 13.5 Å². The van der Waals surface area contributed by atoms with Crippen molar-refractivity contribution in [2.75, 3.05) is 0 Å². The first kappa shape index (κ1) is 10.8. The Bertz CT molecular complexity index is 487. The molecular weight excluding hydrogens is 208 g/mol. The number of rotatable bonds is 3. The van der Waals surface area contributed by atoms with Gasteiger partial charge in [0.2, 0.25) is 0 Å². The summed E-state index contributed by atoms with van der Waals surface area (Å²) in [6, 6.07) is 1.90. The van der Waals surface area contributed by atoms with Gasteiger partial charge in [0.15, 0.2) is 5.82 Å². The maximum atomic E-state index is 9.30. The summed E-state index contributed by atoms with van der Waals surface area (Å²) in [5.74, 6) is 0.667. The molecule has 6 nitrogen and oxygen atoms in total. The van der Waals surface area contributed by atoms with Gasteiger partial charge in [0.25, 0.3) is 5.89 Å². The van der Waals surface area contributed by atoms with Gasteiger partial charge in [-0.25, -0.2) is 0 Å². The Morgan fingerprint density at radius 3 is 2.81 bits per heavy atom. The summed E-state index contributed by atoms with van der Waals surface area (Å²) in [5, 5.41) is 17.3. The Labute approximate surface area is 92.9 Å². The number of aliphatic hydroxyl groups is 1. The summed E-state index contributed by atoms with van der Waals surface area (Å²) in [6.07, 6.45) is 0.127. The molecule has 2 aromatic rings. The molecule has 0 bridgehead atoms. The topological polar surface area (TPSA) is 77.0 Å². The number of aliphatic hydroxyl groups excluding tert-OH is 1. The van der Waals surface area contributed by atoms with Crippen LogP contribution in [0.3, 0.4) is 0 Å². The van der Waals surface area contributed by atoms with E-state index in [-0.39, 0.29) is 5.82 Å². The molecule has 0 aromatic carbocycles. The van der Waals surface area contributed by atoms with E-state index in [1.165, 1.54) is 0 Å². The summed E-state index contributed by atoms with van der Waals surface area (Å²) in [6.45, 7) is 3.62. The minimum Gasteiger partial charge on any atom is -0.385 e. The lowest BCUT2D eigenvalue weighted by molar-refractivity contribution is 0.184. The molecule has 0 aliphatic rings. The van der Waals surface area contributed by atoms with E-state index < -0.39 is 6.10 Å². The Morgan fingerprint density at radius 1 is 1.56 bits per heavy atom. The zero-order valence-corrected chi connectivity index (χ0v) is 9.51. The van der Waals surface area contributed by atoms with Crippen LogP contribution in [0.5, 0.6) is 0 Å². The van der Waals surface area contributed by atoms with Gasteiger partial charge in [0.05, 0.1) is 5.69 Å². The van der Waals surface area contributed by atoms with Crippen LogP contribution in [-0.4, -0.2) is 25.0 Å². The molecule has 1 atom stereocenters. The van der Waals surface area contributed by atoms with E-state index in [1.807, 2.05) is 20.0 Å². The molecule has 16 heavy (non-hydrogen) atoms. The average molecular weight is 222 g/mol. The third-order valence-corrected chi connectivity index (χ3v) is 2.33. The third-order valence-electron chi connectivity index (χ3n) is 2.33. The molecule has 0 aliphatic heterocycles. The second-order valence-electron chi connectivity index (χ2n) is 3.63.